The lowest BCUT2D eigenvalue weighted by Gasteiger charge is -2.45. The normalized spacial score (nSPS) is 23.1. The van der Waals surface area contributed by atoms with Gasteiger partial charge in [0.15, 0.2) is 0 Å². The summed E-state index contributed by atoms with van der Waals surface area (Å²) in [5.74, 6) is 0.483. The number of nitrogens with zero attached hydrogens (tertiary/aromatic N) is 5. The molecule has 0 bridgehead atoms. The number of hydrogen-bond donors (Lipinski definition) is 2. The number of anilines is 1. The van der Waals surface area contributed by atoms with Gasteiger partial charge in [-0.1, -0.05) is 0 Å². The van der Waals surface area contributed by atoms with Crippen LogP contribution in [-0.4, -0.2) is 62.7 Å². The van der Waals surface area contributed by atoms with Gasteiger partial charge < -0.3 is 20.7 Å². The summed E-state index contributed by atoms with van der Waals surface area (Å²) in [6, 6.07) is 3.51. The first-order chi connectivity index (χ1) is 13.9. The van der Waals surface area contributed by atoms with Gasteiger partial charge in [-0.25, -0.2) is 14.6 Å². The van der Waals surface area contributed by atoms with Gasteiger partial charge in [0, 0.05) is 36.5 Å². The number of aryl methyl sites for hydroxylation is 1. The Hall–Kier alpha value is -3.17. The zero-order chi connectivity index (χ0) is 20.6. The molecule has 1 aliphatic carbocycles. The Morgan fingerprint density at radius 3 is 2.86 bits per heavy atom. The lowest BCUT2D eigenvalue weighted by molar-refractivity contribution is -0.131. The molecule has 3 heterocycles. The lowest BCUT2D eigenvalue weighted by atomic mass is 9.65. The summed E-state index contributed by atoms with van der Waals surface area (Å²) in [5.41, 5.74) is 6.87. The molecule has 10 heteroatoms. The maximum absolute atomic E-state index is 12.6. The molecule has 2 aromatic heterocycles. The molecule has 0 unspecified atom stereocenters. The number of carbonyl (C=O) groups excluding carboxylic acids is 2. The predicted octanol–water partition coefficient (Wildman–Crippen LogP) is 0.383. The van der Waals surface area contributed by atoms with E-state index < -0.39 is 0 Å². The molecule has 2 amide bonds. The Balaban J connectivity index is 1.29. The second kappa shape index (κ2) is 7.34. The van der Waals surface area contributed by atoms with Crippen LogP contribution in [0.4, 0.5) is 5.95 Å². The van der Waals surface area contributed by atoms with E-state index in [2.05, 4.69) is 20.4 Å². The summed E-state index contributed by atoms with van der Waals surface area (Å²) >= 11 is 0. The Morgan fingerprint density at radius 2 is 2.17 bits per heavy atom. The number of methoxy groups -OCH3 is 1. The van der Waals surface area contributed by atoms with Crippen LogP contribution >= 0.6 is 0 Å². The molecule has 0 atom stereocenters. The van der Waals surface area contributed by atoms with Crippen LogP contribution in [0.3, 0.4) is 0 Å². The molecule has 10 nitrogen and oxygen atoms in total. The van der Waals surface area contributed by atoms with E-state index in [1.165, 1.54) is 18.1 Å². The van der Waals surface area contributed by atoms with E-state index in [1.807, 2.05) is 11.8 Å². The van der Waals surface area contributed by atoms with E-state index >= 15 is 0 Å². The van der Waals surface area contributed by atoms with Crippen LogP contribution in [0.15, 0.2) is 18.5 Å². The highest BCUT2D eigenvalue weighted by Crippen LogP contribution is 2.48. The number of nitrogens with one attached hydrogen (secondary N) is 1. The van der Waals surface area contributed by atoms with Crippen LogP contribution in [0.2, 0.25) is 0 Å². The lowest BCUT2D eigenvalue weighted by Crippen LogP contribution is -2.52. The number of carbonyl (C=O) groups is 2. The highest BCUT2D eigenvalue weighted by atomic mass is 16.5. The first-order valence-corrected chi connectivity index (χ1v) is 9.62. The van der Waals surface area contributed by atoms with Crippen LogP contribution < -0.4 is 15.8 Å². The van der Waals surface area contributed by atoms with E-state index in [0.29, 0.717) is 18.0 Å². The summed E-state index contributed by atoms with van der Waals surface area (Å²) in [4.78, 5) is 35.0. The second-order valence-corrected chi connectivity index (χ2v) is 7.98. The zero-order valence-electron chi connectivity index (χ0n) is 16.6. The Kier molecular flexibility index (Phi) is 4.85. The molecule has 2 fully saturated rings. The van der Waals surface area contributed by atoms with Gasteiger partial charge >= 0.3 is 0 Å². The van der Waals surface area contributed by atoms with E-state index in [-0.39, 0.29) is 35.8 Å². The number of likely N-dealkylation sites (tertiary alicyclic amines) is 1. The van der Waals surface area contributed by atoms with Gasteiger partial charge in [-0.15, -0.1) is 5.10 Å². The molecule has 4 rings (SSSR count). The van der Waals surface area contributed by atoms with E-state index in [9.17, 15) is 9.59 Å². The first-order valence-electron chi connectivity index (χ1n) is 9.62. The molecule has 1 aliphatic heterocycles. The molecule has 1 saturated carbocycles. The van der Waals surface area contributed by atoms with Crippen molar-refractivity contribution in [1.82, 2.24) is 30.0 Å². The minimum Gasteiger partial charge on any atom is -0.481 e. The number of nitrogen functional groups attached to an aromatic ring is 1. The molecule has 0 radical (unpaired) electrons. The van der Waals surface area contributed by atoms with Crippen LogP contribution in [0, 0.1) is 12.3 Å². The van der Waals surface area contributed by atoms with Crippen molar-refractivity contribution in [3.63, 3.8) is 0 Å². The number of rotatable bonds is 5. The van der Waals surface area contributed by atoms with Crippen LogP contribution in [0.5, 0.6) is 5.88 Å². The van der Waals surface area contributed by atoms with Crippen molar-refractivity contribution in [3.8, 4) is 5.88 Å². The average molecular weight is 399 g/mol. The minimum atomic E-state index is -0.122. The molecule has 29 heavy (non-hydrogen) atoms. The van der Waals surface area contributed by atoms with Gasteiger partial charge in [0.05, 0.1) is 7.11 Å². The summed E-state index contributed by atoms with van der Waals surface area (Å²) in [5, 5.41) is 7.05. The van der Waals surface area contributed by atoms with Gasteiger partial charge in [0.25, 0.3) is 5.91 Å². The summed E-state index contributed by atoms with van der Waals surface area (Å²) in [6.45, 7) is 3.41. The molecule has 1 spiro atoms. The Bertz CT molecular complexity index is 936. The maximum atomic E-state index is 12.6. The molecule has 3 N–H and O–H groups in total. The van der Waals surface area contributed by atoms with Gasteiger partial charge in [-0.05, 0) is 37.7 Å². The summed E-state index contributed by atoms with van der Waals surface area (Å²) in [7, 11) is 1.53. The van der Waals surface area contributed by atoms with Crippen molar-refractivity contribution in [1.29, 1.82) is 0 Å². The fourth-order valence-electron chi connectivity index (χ4n) is 4.34. The smallest absolute Gasteiger partial charge is 0.251 e. The molecular formula is C19H25N7O3. The first kappa shape index (κ1) is 19.2. The van der Waals surface area contributed by atoms with Crippen molar-refractivity contribution in [2.24, 2.45) is 5.41 Å². The molecule has 2 aromatic rings. The van der Waals surface area contributed by atoms with Crippen LogP contribution in [-0.2, 0) is 11.3 Å². The number of ether oxygens (including phenoxy) is 1. The third kappa shape index (κ3) is 4.01. The summed E-state index contributed by atoms with van der Waals surface area (Å²) < 4.78 is 6.60. The van der Waals surface area contributed by atoms with Crippen molar-refractivity contribution in [3.05, 3.63) is 29.7 Å². The van der Waals surface area contributed by atoms with E-state index in [0.717, 1.165) is 31.5 Å². The monoisotopic (exact) mass is 399 g/mol. The van der Waals surface area contributed by atoms with E-state index in [4.69, 9.17) is 10.5 Å². The van der Waals surface area contributed by atoms with Crippen molar-refractivity contribution < 1.29 is 14.3 Å². The Morgan fingerprint density at radius 1 is 1.38 bits per heavy atom. The van der Waals surface area contributed by atoms with Crippen LogP contribution in [0.1, 0.15) is 35.3 Å². The molecule has 154 valence electrons. The van der Waals surface area contributed by atoms with Crippen molar-refractivity contribution in [2.45, 2.75) is 38.8 Å². The quantitative estimate of drug-likeness (QED) is 0.744. The summed E-state index contributed by atoms with van der Waals surface area (Å²) in [6.07, 6.45) is 4.16. The SMILES string of the molecule is COc1cc(C(=O)NC2CC3(CCN(C(=O)Cn4cnc(N)n4)C3)C2)cc(C)n1. The highest BCUT2D eigenvalue weighted by Gasteiger charge is 2.49. The number of nitrogens with two attached hydrogens (primary N) is 1. The number of aromatic nitrogens is 4. The molecule has 0 aromatic carbocycles. The minimum absolute atomic E-state index is 0.0126. The second-order valence-electron chi connectivity index (χ2n) is 7.98. The largest absolute Gasteiger partial charge is 0.481 e. The topological polar surface area (TPSA) is 128 Å². The predicted molar refractivity (Wildman–Crippen MR) is 104 cm³/mol. The highest BCUT2D eigenvalue weighted by molar-refractivity contribution is 5.94. The standard InChI is InChI=1S/C19H25N7O3/c1-12-5-13(6-15(22-12)29-2)17(28)23-14-7-19(8-14)3-4-25(10-19)16(27)9-26-11-21-18(20)24-26/h5-6,11,14H,3-4,7-10H2,1-2H3,(H2,20,24)(H,23,28). The maximum Gasteiger partial charge on any atom is 0.251 e. The number of pyridine rings is 1. The van der Waals surface area contributed by atoms with Gasteiger partial charge in [0.2, 0.25) is 17.7 Å². The van der Waals surface area contributed by atoms with Crippen molar-refractivity contribution in [2.75, 3.05) is 25.9 Å². The van der Waals surface area contributed by atoms with Gasteiger partial charge in [-0.3, -0.25) is 9.59 Å². The molecule has 1 saturated heterocycles. The van der Waals surface area contributed by atoms with E-state index in [1.54, 1.807) is 12.1 Å². The third-order valence-corrected chi connectivity index (χ3v) is 5.74. The van der Waals surface area contributed by atoms with Gasteiger partial charge in [0.1, 0.15) is 12.9 Å². The average Bonchev–Trinajstić information content (AvgIpc) is 3.27. The zero-order valence-corrected chi connectivity index (χ0v) is 16.6. The third-order valence-electron chi connectivity index (χ3n) is 5.74. The Labute approximate surface area is 168 Å². The van der Waals surface area contributed by atoms with Crippen LogP contribution in [0.25, 0.3) is 0 Å². The fourth-order valence-corrected chi connectivity index (χ4v) is 4.34. The number of hydrogen-bond acceptors (Lipinski definition) is 7. The fraction of sp³-hybridized carbons (Fsp3) is 0.526. The molecular weight excluding hydrogens is 374 g/mol. The van der Waals surface area contributed by atoms with Gasteiger partial charge in [-0.2, -0.15) is 0 Å². The van der Waals surface area contributed by atoms with Crippen molar-refractivity contribution >= 4 is 17.8 Å². The number of amides is 2. The molecule has 2 aliphatic rings.